The first-order valence-corrected chi connectivity index (χ1v) is 8.69. The second-order valence-corrected chi connectivity index (χ2v) is 8.38. The number of fused-ring (bicyclic) bond motifs is 1. The quantitative estimate of drug-likeness (QED) is 0.833. The third-order valence-corrected chi connectivity index (χ3v) is 6.44. The number of hydrogen-bond acceptors (Lipinski definition) is 1. The summed E-state index contributed by atoms with van der Waals surface area (Å²) in [6, 6.07) is 5.95. The molecule has 1 N–H and O–H groups in total. The number of H-pyrrole nitrogens is 1. The Labute approximate surface area is 130 Å². The molecule has 0 atom stereocenters. The third-order valence-electron chi connectivity index (χ3n) is 6.20. The van der Waals surface area contributed by atoms with E-state index >= 15 is 0 Å². The van der Waals surface area contributed by atoms with Crippen LogP contribution >= 0.6 is 11.6 Å². The number of benzene rings is 1. The molecule has 0 unspecified atom stereocenters. The van der Waals surface area contributed by atoms with Crippen LogP contribution in [0.5, 0.6) is 0 Å². The summed E-state index contributed by atoms with van der Waals surface area (Å²) in [5.74, 6) is 4.20. The van der Waals surface area contributed by atoms with Gasteiger partial charge in [0.1, 0.15) is 5.82 Å². The van der Waals surface area contributed by atoms with Crippen LogP contribution in [-0.4, -0.2) is 9.97 Å². The Morgan fingerprint density at radius 3 is 2.43 bits per heavy atom. The van der Waals surface area contributed by atoms with E-state index in [0.29, 0.717) is 5.41 Å². The van der Waals surface area contributed by atoms with Crippen molar-refractivity contribution in [3.8, 4) is 0 Å². The van der Waals surface area contributed by atoms with Crippen LogP contribution < -0.4 is 0 Å². The average molecular weight is 301 g/mol. The molecule has 1 aromatic heterocycles. The number of nitrogens with zero attached hydrogens (tertiary/aromatic N) is 1. The minimum absolute atomic E-state index is 0.548. The molecular formula is C18H21ClN2. The van der Waals surface area contributed by atoms with Crippen LogP contribution in [0.3, 0.4) is 0 Å². The molecule has 110 valence electrons. The van der Waals surface area contributed by atoms with Gasteiger partial charge in [0.15, 0.2) is 0 Å². The van der Waals surface area contributed by atoms with Crippen molar-refractivity contribution in [2.75, 3.05) is 0 Å². The minimum atomic E-state index is 0.548. The number of halogens is 1. The maximum Gasteiger partial charge on any atom is 0.107 e. The Bertz CT molecular complexity index is 667. The Balaban J connectivity index is 1.48. The maximum absolute atomic E-state index is 6.08. The molecule has 4 saturated carbocycles. The Kier molecular flexibility index (Phi) is 2.54. The highest BCUT2D eigenvalue weighted by Crippen LogP contribution is 2.60. The van der Waals surface area contributed by atoms with E-state index in [1.165, 1.54) is 44.3 Å². The van der Waals surface area contributed by atoms with Gasteiger partial charge in [-0.2, -0.15) is 0 Å². The Hall–Kier alpha value is -1.02. The van der Waals surface area contributed by atoms with Gasteiger partial charge in [-0.05, 0) is 79.9 Å². The van der Waals surface area contributed by atoms with Crippen LogP contribution in [0.4, 0.5) is 0 Å². The summed E-state index contributed by atoms with van der Waals surface area (Å²) in [6.45, 7) is 0. The smallest absolute Gasteiger partial charge is 0.107 e. The van der Waals surface area contributed by atoms with Crippen molar-refractivity contribution >= 4 is 22.6 Å². The van der Waals surface area contributed by atoms with E-state index in [1.807, 2.05) is 18.2 Å². The van der Waals surface area contributed by atoms with E-state index in [4.69, 9.17) is 16.6 Å². The van der Waals surface area contributed by atoms with Crippen molar-refractivity contribution < 1.29 is 0 Å². The maximum atomic E-state index is 6.08. The lowest BCUT2D eigenvalue weighted by Gasteiger charge is -2.56. The van der Waals surface area contributed by atoms with Gasteiger partial charge < -0.3 is 4.98 Å². The van der Waals surface area contributed by atoms with E-state index < -0.39 is 0 Å². The molecule has 0 saturated heterocycles. The van der Waals surface area contributed by atoms with Gasteiger partial charge in [0.25, 0.3) is 0 Å². The zero-order valence-electron chi connectivity index (χ0n) is 12.2. The van der Waals surface area contributed by atoms with Crippen molar-refractivity contribution in [3.05, 3.63) is 29.0 Å². The largest absolute Gasteiger partial charge is 0.342 e. The second-order valence-electron chi connectivity index (χ2n) is 7.94. The molecule has 0 amide bonds. The fraction of sp³-hybridized carbons (Fsp3) is 0.611. The molecule has 2 aromatic rings. The number of hydrogen-bond donors (Lipinski definition) is 1. The zero-order valence-corrected chi connectivity index (χ0v) is 13.0. The summed E-state index contributed by atoms with van der Waals surface area (Å²) in [5, 5.41) is 0.785. The van der Waals surface area contributed by atoms with E-state index in [1.54, 1.807) is 0 Å². The highest BCUT2D eigenvalue weighted by Gasteiger charge is 2.50. The summed E-state index contributed by atoms with van der Waals surface area (Å²) in [6.07, 6.45) is 9.99. The summed E-state index contributed by atoms with van der Waals surface area (Å²) in [4.78, 5) is 8.33. The van der Waals surface area contributed by atoms with Gasteiger partial charge in [-0.1, -0.05) is 11.6 Å². The van der Waals surface area contributed by atoms with Gasteiger partial charge in [0.2, 0.25) is 0 Å². The summed E-state index contributed by atoms with van der Waals surface area (Å²) < 4.78 is 0. The molecule has 1 aromatic carbocycles. The number of aromatic amines is 1. The molecule has 4 aliphatic carbocycles. The van der Waals surface area contributed by atoms with Gasteiger partial charge >= 0.3 is 0 Å². The zero-order chi connectivity index (χ0) is 14.0. The summed E-state index contributed by atoms with van der Waals surface area (Å²) >= 11 is 6.08. The van der Waals surface area contributed by atoms with Gasteiger partial charge in [-0.3, -0.25) is 0 Å². The van der Waals surface area contributed by atoms with Crippen molar-refractivity contribution in [1.82, 2.24) is 9.97 Å². The van der Waals surface area contributed by atoms with Gasteiger partial charge in [-0.25, -0.2) is 4.98 Å². The van der Waals surface area contributed by atoms with Crippen molar-refractivity contribution in [1.29, 1.82) is 0 Å². The van der Waals surface area contributed by atoms with E-state index in [9.17, 15) is 0 Å². The van der Waals surface area contributed by atoms with Crippen LogP contribution in [-0.2, 0) is 6.42 Å². The van der Waals surface area contributed by atoms with Gasteiger partial charge in [-0.15, -0.1) is 0 Å². The topological polar surface area (TPSA) is 28.7 Å². The highest BCUT2D eigenvalue weighted by atomic mass is 35.5. The molecule has 6 rings (SSSR count). The molecule has 0 aliphatic heterocycles. The monoisotopic (exact) mass is 300 g/mol. The first kappa shape index (κ1) is 12.5. The lowest BCUT2D eigenvalue weighted by Crippen LogP contribution is -2.47. The van der Waals surface area contributed by atoms with Crippen LogP contribution in [0.2, 0.25) is 5.02 Å². The van der Waals surface area contributed by atoms with Crippen LogP contribution in [0.25, 0.3) is 11.0 Å². The molecular weight excluding hydrogens is 280 g/mol. The van der Waals surface area contributed by atoms with Crippen LogP contribution in [0, 0.1) is 23.2 Å². The van der Waals surface area contributed by atoms with Crippen molar-refractivity contribution in [2.24, 2.45) is 23.2 Å². The van der Waals surface area contributed by atoms with Crippen molar-refractivity contribution in [2.45, 2.75) is 44.9 Å². The molecule has 0 spiro atoms. The summed E-state index contributed by atoms with van der Waals surface area (Å²) in [7, 11) is 0. The number of rotatable bonds is 2. The first-order chi connectivity index (χ1) is 10.2. The molecule has 4 bridgehead atoms. The fourth-order valence-corrected chi connectivity index (χ4v) is 6.15. The summed E-state index contributed by atoms with van der Waals surface area (Å²) in [5.41, 5.74) is 2.69. The minimum Gasteiger partial charge on any atom is -0.342 e. The average Bonchev–Trinajstić information content (AvgIpc) is 2.77. The number of aromatic nitrogens is 2. The van der Waals surface area contributed by atoms with E-state index in [2.05, 4.69) is 4.98 Å². The normalized spacial score (nSPS) is 37.5. The molecule has 0 radical (unpaired) electrons. The molecule has 4 aliphatic rings. The van der Waals surface area contributed by atoms with E-state index in [-0.39, 0.29) is 0 Å². The number of imidazole rings is 1. The first-order valence-electron chi connectivity index (χ1n) is 8.32. The molecule has 4 fully saturated rings. The molecule has 3 heteroatoms. The second kappa shape index (κ2) is 4.25. The molecule has 1 heterocycles. The lowest BCUT2D eigenvalue weighted by atomic mass is 9.49. The number of nitrogens with one attached hydrogen (secondary N) is 1. The lowest BCUT2D eigenvalue weighted by molar-refractivity contribution is -0.0530. The van der Waals surface area contributed by atoms with Crippen LogP contribution in [0.1, 0.15) is 44.3 Å². The highest BCUT2D eigenvalue weighted by molar-refractivity contribution is 6.31. The van der Waals surface area contributed by atoms with Gasteiger partial charge in [0, 0.05) is 11.4 Å². The standard InChI is InChI=1S/C18H21ClN2/c19-14-1-2-15-16(6-14)21-17(20-15)10-18-7-11-3-12(8-18)5-13(4-11)9-18/h1-2,6,11-13H,3-5,7-10H2,(H,20,21). The third kappa shape index (κ3) is 2.03. The van der Waals surface area contributed by atoms with Crippen LogP contribution in [0.15, 0.2) is 18.2 Å². The predicted octanol–water partition coefficient (Wildman–Crippen LogP) is 4.98. The Morgan fingerprint density at radius 1 is 1.10 bits per heavy atom. The Morgan fingerprint density at radius 2 is 1.76 bits per heavy atom. The van der Waals surface area contributed by atoms with Crippen molar-refractivity contribution in [3.63, 3.8) is 0 Å². The molecule has 2 nitrogen and oxygen atoms in total. The fourth-order valence-electron chi connectivity index (χ4n) is 5.98. The predicted molar refractivity (Wildman–Crippen MR) is 85.4 cm³/mol. The van der Waals surface area contributed by atoms with Gasteiger partial charge in [0.05, 0.1) is 11.0 Å². The molecule has 21 heavy (non-hydrogen) atoms. The van der Waals surface area contributed by atoms with E-state index in [0.717, 1.165) is 40.2 Å². The SMILES string of the molecule is Clc1ccc2nc(CC34CC5CC(CC(C5)C3)C4)[nH]c2c1.